The quantitative estimate of drug-likeness (QED) is 0.712. The third-order valence-electron chi connectivity index (χ3n) is 4.10. The summed E-state index contributed by atoms with van der Waals surface area (Å²) in [6, 6.07) is 8.88. The Balaban J connectivity index is 0.00000126. The number of aryl methyl sites for hydroxylation is 1. The van der Waals surface area contributed by atoms with Gasteiger partial charge in [0.2, 0.25) is 5.88 Å². The van der Waals surface area contributed by atoms with E-state index in [1.807, 2.05) is 32.9 Å². The highest BCUT2D eigenvalue weighted by Gasteiger charge is 2.22. The molecule has 0 spiro atoms. The molecule has 1 N–H and O–H groups in total. The second kappa shape index (κ2) is 8.62. The first-order chi connectivity index (χ1) is 12.9. The van der Waals surface area contributed by atoms with Crippen molar-refractivity contribution >= 4 is 22.5 Å². The summed E-state index contributed by atoms with van der Waals surface area (Å²) in [7, 11) is 2.88. The lowest BCUT2D eigenvalue weighted by Gasteiger charge is -2.16. The van der Waals surface area contributed by atoms with Crippen LogP contribution >= 0.6 is 0 Å². The van der Waals surface area contributed by atoms with Crippen LogP contribution in [0.1, 0.15) is 19.4 Å². The van der Waals surface area contributed by atoms with Crippen LogP contribution in [0.3, 0.4) is 0 Å². The average molecular weight is 375 g/mol. The number of nitrogens with zero attached hydrogens (tertiary/aromatic N) is 2. The van der Waals surface area contributed by atoms with Gasteiger partial charge in [0.1, 0.15) is 0 Å². The van der Waals surface area contributed by atoms with Crippen molar-refractivity contribution in [2.45, 2.75) is 27.2 Å². The number of fused-ring (bicyclic) bond motifs is 1. The fourth-order valence-electron chi connectivity index (χ4n) is 2.75. The lowest BCUT2D eigenvalue weighted by molar-refractivity contribution is -0.128. The zero-order valence-corrected chi connectivity index (χ0v) is 16.0. The molecule has 144 valence electrons. The number of anilines is 1. The Morgan fingerprint density at radius 3 is 2.56 bits per heavy atom. The Morgan fingerprint density at radius 2 is 1.93 bits per heavy atom. The van der Waals surface area contributed by atoms with Gasteiger partial charge in [-0.15, -0.1) is 0 Å². The molecular weight excluding hydrogens is 352 g/mol. The number of H-pyrrole nitrogens is 1. The van der Waals surface area contributed by atoms with Crippen LogP contribution < -0.4 is 9.64 Å². The number of benzene rings is 1. The normalized spacial score (nSPS) is 10.5. The minimum atomic E-state index is -3.04. The number of rotatable bonds is 4. The number of methoxy groups -OCH3 is 1. The van der Waals surface area contributed by atoms with Gasteiger partial charge in [-0.05, 0) is 36.8 Å². The molecule has 0 saturated heterocycles. The first-order valence-electron chi connectivity index (χ1n) is 8.61. The van der Waals surface area contributed by atoms with E-state index in [1.54, 1.807) is 31.5 Å². The Hall–Kier alpha value is -2.96. The van der Waals surface area contributed by atoms with E-state index in [1.165, 1.54) is 7.05 Å². The maximum absolute atomic E-state index is 12.6. The molecule has 0 bridgehead atoms. The van der Waals surface area contributed by atoms with Crippen molar-refractivity contribution in [2.75, 3.05) is 19.1 Å². The molecule has 0 fully saturated rings. The van der Waals surface area contributed by atoms with Gasteiger partial charge in [0, 0.05) is 29.8 Å². The minimum absolute atomic E-state index is 0.390. The maximum Gasteiger partial charge on any atom is 0.316 e. The van der Waals surface area contributed by atoms with E-state index in [9.17, 15) is 13.6 Å². The molecule has 1 aromatic carbocycles. The van der Waals surface area contributed by atoms with Crippen molar-refractivity contribution in [3.8, 4) is 17.1 Å². The Bertz CT molecular complexity index is 938. The molecule has 2 aromatic heterocycles. The van der Waals surface area contributed by atoms with E-state index < -0.39 is 12.3 Å². The topological polar surface area (TPSA) is 58.2 Å². The van der Waals surface area contributed by atoms with Crippen molar-refractivity contribution in [2.24, 2.45) is 0 Å². The number of aromatic nitrogens is 2. The monoisotopic (exact) mass is 375 g/mol. The van der Waals surface area contributed by atoms with Crippen LogP contribution in [0.2, 0.25) is 0 Å². The van der Waals surface area contributed by atoms with Crippen LogP contribution in [-0.4, -0.2) is 36.5 Å². The third-order valence-corrected chi connectivity index (χ3v) is 4.10. The molecule has 3 rings (SSSR count). The number of nitrogens with one attached hydrogen (secondary N) is 1. The number of carbonyl (C=O) groups is 1. The number of carbonyl (C=O) groups excluding carboxylic acids is 1. The van der Waals surface area contributed by atoms with Crippen LogP contribution in [0.4, 0.5) is 14.5 Å². The lowest BCUT2D eigenvalue weighted by atomic mass is 10.1. The zero-order chi connectivity index (χ0) is 20.1. The number of hydrogen-bond donors (Lipinski definition) is 1. The molecular formula is C20H23F2N3O2. The molecule has 1 amide bonds. The molecule has 3 aromatic rings. The van der Waals surface area contributed by atoms with Gasteiger partial charge >= 0.3 is 6.43 Å². The lowest BCUT2D eigenvalue weighted by Crippen LogP contribution is -2.31. The average Bonchev–Trinajstić information content (AvgIpc) is 3.10. The summed E-state index contributed by atoms with van der Waals surface area (Å²) in [5, 5.41) is 0.891. The summed E-state index contributed by atoms with van der Waals surface area (Å²) < 4.78 is 30.6. The van der Waals surface area contributed by atoms with Gasteiger partial charge in [-0.25, -0.2) is 4.98 Å². The summed E-state index contributed by atoms with van der Waals surface area (Å²) >= 11 is 0. The molecule has 7 heteroatoms. The van der Waals surface area contributed by atoms with E-state index in [-0.39, 0.29) is 0 Å². The molecule has 0 saturated carbocycles. The van der Waals surface area contributed by atoms with Crippen LogP contribution in [0.25, 0.3) is 22.2 Å². The predicted octanol–water partition coefficient (Wildman–Crippen LogP) is 4.80. The predicted molar refractivity (Wildman–Crippen MR) is 104 cm³/mol. The first-order valence-corrected chi connectivity index (χ1v) is 8.61. The largest absolute Gasteiger partial charge is 0.480 e. The number of amides is 1. The van der Waals surface area contributed by atoms with Crippen molar-refractivity contribution in [1.29, 1.82) is 0 Å². The van der Waals surface area contributed by atoms with Gasteiger partial charge in [-0.2, -0.15) is 8.78 Å². The number of ether oxygens (including phenoxy) is 1. The molecule has 0 unspecified atom stereocenters. The molecule has 2 heterocycles. The van der Waals surface area contributed by atoms with Crippen molar-refractivity contribution in [3.05, 3.63) is 42.1 Å². The van der Waals surface area contributed by atoms with E-state index in [0.29, 0.717) is 11.6 Å². The van der Waals surface area contributed by atoms with Crippen molar-refractivity contribution in [1.82, 2.24) is 9.97 Å². The number of alkyl halides is 2. The van der Waals surface area contributed by atoms with Gasteiger partial charge in [0.25, 0.3) is 5.91 Å². The van der Waals surface area contributed by atoms with Gasteiger partial charge in [-0.3, -0.25) is 4.79 Å². The third kappa shape index (κ3) is 4.07. The van der Waals surface area contributed by atoms with Gasteiger partial charge in [-0.1, -0.05) is 19.9 Å². The molecule has 27 heavy (non-hydrogen) atoms. The number of pyridine rings is 1. The highest BCUT2D eigenvalue weighted by atomic mass is 19.3. The molecule has 0 aliphatic carbocycles. The smallest absolute Gasteiger partial charge is 0.316 e. The molecule has 0 atom stereocenters. The van der Waals surface area contributed by atoms with E-state index in [4.69, 9.17) is 4.74 Å². The van der Waals surface area contributed by atoms with E-state index >= 15 is 0 Å². The molecule has 0 aliphatic rings. The Kier molecular flexibility index (Phi) is 6.50. The molecule has 0 radical (unpaired) electrons. The number of aromatic amines is 1. The highest BCUT2D eigenvalue weighted by molar-refractivity contribution is 5.98. The summed E-state index contributed by atoms with van der Waals surface area (Å²) in [6.07, 6.45) is -1.37. The van der Waals surface area contributed by atoms with Gasteiger partial charge in [0.05, 0.1) is 18.4 Å². The SMILES string of the molecule is CC.COc1nccc(C)c1-c1cc2ccc(N(C)C(=O)C(F)F)cc2[nH]1. The van der Waals surface area contributed by atoms with Crippen LogP contribution in [0.15, 0.2) is 36.5 Å². The summed E-state index contributed by atoms with van der Waals surface area (Å²) in [5.74, 6) is -0.743. The van der Waals surface area contributed by atoms with Crippen molar-refractivity contribution in [3.63, 3.8) is 0 Å². The van der Waals surface area contributed by atoms with Crippen LogP contribution in [-0.2, 0) is 4.79 Å². The molecule has 5 nitrogen and oxygen atoms in total. The second-order valence-corrected chi connectivity index (χ2v) is 5.66. The maximum atomic E-state index is 12.6. The minimum Gasteiger partial charge on any atom is -0.480 e. The number of halogens is 2. The van der Waals surface area contributed by atoms with Crippen LogP contribution in [0, 0.1) is 6.92 Å². The van der Waals surface area contributed by atoms with E-state index in [2.05, 4.69) is 9.97 Å². The fraction of sp³-hybridized carbons (Fsp3) is 0.300. The summed E-state index contributed by atoms with van der Waals surface area (Å²) in [4.78, 5) is 19.9. The summed E-state index contributed by atoms with van der Waals surface area (Å²) in [6.45, 7) is 5.95. The standard InChI is InChI=1S/C18H17F2N3O2.C2H6/c1-10-6-7-21-17(25-3)15(10)14-8-11-4-5-12(9-13(11)22-14)23(2)18(24)16(19)20;1-2/h4-9,16,22H,1-3H3;1-2H3. The van der Waals surface area contributed by atoms with E-state index in [0.717, 1.165) is 32.6 Å². The van der Waals surface area contributed by atoms with Gasteiger partial charge in [0.15, 0.2) is 0 Å². The number of hydrogen-bond acceptors (Lipinski definition) is 3. The zero-order valence-electron chi connectivity index (χ0n) is 16.0. The fourth-order valence-corrected chi connectivity index (χ4v) is 2.75. The van der Waals surface area contributed by atoms with Crippen LogP contribution in [0.5, 0.6) is 5.88 Å². The Morgan fingerprint density at radius 1 is 1.22 bits per heavy atom. The molecule has 0 aliphatic heterocycles. The summed E-state index contributed by atoms with van der Waals surface area (Å²) in [5.41, 5.74) is 3.74. The Labute approximate surface area is 157 Å². The van der Waals surface area contributed by atoms with Crippen molar-refractivity contribution < 1.29 is 18.3 Å². The second-order valence-electron chi connectivity index (χ2n) is 5.66. The van der Waals surface area contributed by atoms with Gasteiger partial charge < -0.3 is 14.6 Å². The highest BCUT2D eigenvalue weighted by Crippen LogP contribution is 2.33. The first kappa shape index (κ1) is 20.4.